The molecule has 0 atom stereocenters. The topological polar surface area (TPSA) is 47.9 Å². The lowest BCUT2D eigenvalue weighted by atomic mass is 10.1. The molecule has 0 heterocycles. The minimum atomic E-state index is -0.259. The van der Waals surface area contributed by atoms with Crippen LogP contribution in [0.1, 0.15) is 32.3 Å². The molecule has 0 aromatic heterocycles. The van der Waals surface area contributed by atoms with Gasteiger partial charge in [0.1, 0.15) is 6.61 Å². The van der Waals surface area contributed by atoms with E-state index in [-0.39, 0.29) is 19.0 Å². The molecule has 98 valence electrons. The Bertz CT molecular complexity index is 387. The maximum absolute atomic E-state index is 11.1. The van der Waals surface area contributed by atoms with Crippen molar-refractivity contribution in [3.63, 3.8) is 0 Å². The number of carbonyl (C=O) groups is 1. The van der Waals surface area contributed by atoms with E-state index in [1.807, 2.05) is 37.3 Å². The molecule has 0 fully saturated rings. The van der Waals surface area contributed by atoms with Gasteiger partial charge >= 0.3 is 5.97 Å². The first-order valence-corrected chi connectivity index (χ1v) is 6.17. The van der Waals surface area contributed by atoms with Gasteiger partial charge in [0, 0.05) is 0 Å². The third kappa shape index (κ3) is 4.99. The van der Waals surface area contributed by atoms with Crippen molar-refractivity contribution in [2.75, 3.05) is 13.2 Å². The molecule has 4 nitrogen and oxygen atoms in total. The van der Waals surface area contributed by atoms with Crippen molar-refractivity contribution in [3.8, 4) is 0 Å². The Morgan fingerprint density at radius 1 is 1.22 bits per heavy atom. The molecule has 0 bridgehead atoms. The molecule has 1 aromatic carbocycles. The molecular weight excluding hydrogens is 230 g/mol. The van der Waals surface area contributed by atoms with Crippen molar-refractivity contribution in [3.05, 3.63) is 35.9 Å². The van der Waals surface area contributed by atoms with Gasteiger partial charge in [-0.2, -0.15) is 0 Å². The lowest BCUT2D eigenvalue weighted by molar-refractivity contribution is -0.144. The van der Waals surface area contributed by atoms with Crippen LogP contribution in [0, 0.1) is 0 Å². The van der Waals surface area contributed by atoms with Crippen molar-refractivity contribution in [2.24, 2.45) is 5.16 Å². The summed E-state index contributed by atoms with van der Waals surface area (Å²) in [5.41, 5.74) is 1.91. The van der Waals surface area contributed by atoms with Crippen LogP contribution in [0.5, 0.6) is 0 Å². The summed E-state index contributed by atoms with van der Waals surface area (Å²) < 4.78 is 4.79. The predicted octanol–water partition coefficient (Wildman–Crippen LogP) is 2.77. The van der Waals surface area contributed by atoms with E-state index in [9.17, 15) is 4.79 Å². The summed E-state index contributed by atoms with van der Waals surface area (Å²) in [5.74, 6) is -0.259. The molecule has 4 heteroatoms. The SMILES string of the molecule is CCOC(=O)CCO/N=C(/CC)c1ccccc1. The first-order valence-electron chi connectivity index (χ1n) is 6.17. The predicted molar refractivity (Wildman–Crippen MR) is 70.5 cm³/mol. The third-order valence-electron chi connectivity index (χ3n) is 2.32. The molecule has 0 aliphatic carbocycles. The van der Waals surface area contributed by atoms with E-state index in [0.29, 0.717) is 6.61 Å². The first-order chi connectivity index (χ1) is 8.77. The molecule has 0 unspecified atom stereocenters. The fourth-order valence-electron chi connectivity index (χ4n) is 1.44. The molecule has 0 saturated carbocycles. The fourth-order valence-corrected chi connectivity index (χ4v) is 1.44. The molecule has 0 saturated heterocycles. The Morgan fingerprint density at radius 2 is 1.94 bits per heavy atom. The van der Waals surface area contributed by atoms with E-state index in [1.165, 1.54) is 0 Å². The average Bonchev–Trinajstić information content (AvgIpc) is 2.40. The average molecular weight is 249 g/mol. The van der Waals surface area contributed by atoms with Gasteiger partial charge in [-0.05, 0) is 18.9 Å². The number of oxime groups is 1. The number of nitrogens with zero attached hydrogens (tertiary/aromatic N) is 1. The summed E-state index contributed by atoms with van der Waals surface area (Å²) in [4.78, 5) is 16.2. The third-order valence-corrected chi connectivity index (χ3v) is 2.32. The van der Waals surface area contributed by atoms with Crippen molar-refractivity contribution < 1.29 is 14.4 Å². The van der Waals surface area contributed by atoms with E-state index in [2.05, 4.69) is 5.16 Å². The van der Waals surface area contributed by atoms with Crippen LogP contribution in [0.2, 0.25) is 0 Å². The second-order valence-electron chi connectivity index (χ2n) is 3.65. The number of rotatable bonds is 7. The smallest absolute Gasteiger partial charge is 0.309 e. The van der Waals surface area contributed by atoms with Crippen LogP contribution in [0.15, 0.2) is 35.5 Å². The van der Waals surface area contributed by atoms with Crippen LogP contribution in [0.3, 0.4) is 0 Å². The molecule has 1 aromatic rings. The summed E-state index contributed by atoms with van der Waals surface area (Å²) >= 11 is 0. The van der Waals surface area contributed by atoms with Gasteiger partial charge in [0.05, 0.1) is 18.7 Å². The summed E-state index contributed by atoms with van der Waals surface area (Å²) in [6, 6.07) is 9.84. The molecule has 0 aliphatic rings. The van der Waals surface area contributed by atoms with E-state index < -0.39 is 0 Å². The van der Waals surface area contributed by atoms with Crippen molar-refractivity contribution >= 4 is 11.7 Å². The Hall–Kier alpha value is -1.84. The highest BCUT2D eigenvalue weighted by atomic mass is 16.6. The number of hydrogen-bond acceptors (Lipinski definition) is 4. The number of benzene rings is 1. The molecular formula is C14H19NO3. The Labute approximate surface area is 108 Å². The lowest BCUT2D eigenvalue weighted by Crippen LogP contribution is -2.07. The molecule has 18 heavy (non-hydrogen) atoms. The van der Waals surface area contributed by atoms with Crippen LogP contribution < -0.4 is 0 Å². The van der Waals surface area contributed by atoms with E-state index in [1.54, 1.807) is 6.92 Å². The highest BCUT2D eigenvalue weighted by Gasteiger charge is 2.03. The number of carbonyl (C=O) groups excluding carboxylic acids is 1. The van der Waals surface area contributed by atoms with Gasteiger partial charge in [-0.1, -0.05) is 42.4 Å². The van der Waals surface area contributed by atoms with Crippen molar-refractivity contribution in [1.29, 1.82) is 0 Å². The van der Waals surface area contributed by atoms with Crippen LogP contribution in [-0.2, 0) is 14.4 Å². The highest BCUT2D eigenvalue weighted by molar-refractivity contribution is 5.99. The maximum Gasteiger partial charge on any atom is 0.309 e. The maximum atomic E-state index is 11.1. The normalized spacial score (nSPS) is 11.1. The van der Waals surface area contributed by atoms with E-state index >= 15 is 0 Å². The van der Waals surface area contributed by atoms with Gasteiger partial charge in [-0.25, -0.2) is 0 Å². The molecule has 0 amide bonds. The van der Waals surface area contributed by atoms with Crippen molar-refractivity contribution in [1.82, 2.24) is 0 Å². The van der Waals surface area contributed by atoms with E-state index in [0.717, 1.165) is 17.7 Å². The fraction of sp³-hybridized carbons (Fsp3) is 0.429. The summed E-state index contributed by atoms with van der Waals surface area (Å²) in [6.07, 6.45) is 1.01. The number of esters is 1. The van der Waals surface area contributed by atoms with Crippen molar-refractivity contribution in [2.45, 2.75) is 26.7 Å². The van der Waals surface area contributed by atoms with Crippen LogP contribution in [0.25, 0.3) is 0 Å². The largest absolute Gasteiger partial charge is 0.466 e. The molecule has 0 aliphatic heterocycles. The van der Waals surface area contributed by atoms with Gasteiger partial charge in [0.2, 0.25) is 0 Å². The number of hydrogen-bond donors (Lipinski definition) is 0. The molecule has 0 N–H and O–H groups in total. The van der Waals surface area contributed by atoms with Gasteiger partial charge in [0.25, 0.3) is 0 Å². The zero-order chi connectivity index (χ0) is 13.2. The Morgan fingerprint density at radius 3 is 2.56 bits per heavy atom. The van der Waals surface area contributed by atoms with Gasteiger partial charge in [-0.3, -0.25) is 4.79 Å². The number of ether oxygens (including phenoxy) is 1. The van der Waals surface area contributed by atoms with E-state index in [4.69, 9.17) is 9.57 Å². The summed E-state index contributed by atoms with van der Waals surface area (Å²) in [7, 11) is 0. The standard InChI is InChI=1S/C14H19NO3/c1-3-13(12-8-6-5-7-9-12)15-18-11-10-14(16)17-4-2/h5-9H,3-4,10-11H2,1-2H3/b15-13-. The van der Waals surface area contributed by atoms with Crippen LogP contribution >= 0.6 is 0 Å². The molecule has 0 spiro atoms. The Balaban J connectivity index is 2.42. The minimum absolute atomic E-state index is 0.225. The quantitative estimate of drug-likeness (QED) is 0.323. The minimum Gasteiger partial charge on any atom is -0.466 e. The lowest BCUT2D eigenvalue weighted by Gasteiger charge is -2.04. The van der Waals surface area contributed by atoms with Gasteiger partial charge < -0.3 is 9.57 Å². The molecule has 1 rings (SSSR count). The first kappa shape index (κ1) is 14.2. The van der Waals surface area contributed by atoms with Gasteiger partial charge in [-0.15, -0.1) is 0 Å². The zero-order valence-corrected chi connectivity index (χ0v) is 10.9. The summed E-state index contributed by atoms with van der Waals surface area (Å²) in [5, 5.41) is 4.05. The van der Waals surface area contributed by atoms with Crippen LogP contribution in [-0.4, -0.2) is 24.9 Å². The second kappa shape index (κ2) is 8.28. The molecule has 0 radical (unpaired) electrons. The summed E-state index contributed by atoms with van der Waals surface area (Å²) in [6.45, 7) is 4.43. The zero-order valence-electron chi connectivity index (χ0n) is 10.9. The monoisotopic (exact) mass is 249 g/mol. The second-order valence-corrected chi connectivity index (χ2v) is 3.65. The Kier molecular flexibility index (Phi) is 6.54. The highest BCUT2D eigenvalue weighted by Crippen LogP contribution is 2.04. The van der Waals surface area contributed by atoms with Crippen LogP contribution in [0.4, 0.5) is 0 Å². The van der Waals surface area contributed by atoms with Gasteiger partial charge in [0.15, 0.2) is 0 Å².